The second-order valence-electron chi connectivity index (χ2n) is 24.5. The Kier molecular flexibility index (Phi) is 11.0. The smallest absolute Gasteiger partial charge is 0.164 e. The maximum atomic E-state index is 5.29. The standard InChI is InChI=1S/C80H56N6/c1-79(2)67-25-15-13-21-57(67)63-43-53(37-41-69(63)79)47-27-31-51(32-28-47)75-81-73(49-17-7-5-8-18-49)83-77(85-75)55-35-39-61-65(45-55)71-59-23-11-12-24-60(59)72(61)66-46-56(36-40-62(66)71)78-84-74(50-19-9-6-10-20-50)82-76(86-78)52-33-29-48(30-34-52)54-38-42-70-64(44-54)58-22-14-16-26-68(58)80(70,3)4/h5-46,71-72H,1-4H3. The van der Waals surface area contributed by atoms with Crippen LogP contribution >= 0.6 is 0 Å². The van der Waals surface area contributed by atoms with Gasteiger partial charge in [0.05, 0.1) is 0 Å². The Morgan fingerprint density at radius 1 is 0.209 bits per heavy atom. The number of hydrogen-bond donors (Lipinski definition) is 0. The van der Waals surface area contributed by atoms with Gasteiger partial charge in [-0.1, -0.05) is 258 Å². The zero-order valence-electron chi connectivity index (χ0n) is 48.1. The van der Waals surface area contributed by atoms with Gasteiger partial charge in [0.25, 0.3) is 0 Å². The van der Waals surface area contributed by atoms with E-state index in [2.05, 4.69) is 246 Å². The Bertz CT molecular complexity index is 4620. The molecule has 2 heterocycles. The highest BCUT2D eigenvalue weighted by molar-refractivity contribution is 5.87. The summed E-state index contributed by atoms with van der Waals surface area (Å²) in [6.07, 6.45) is 0. The summed E-state index contributed by atoms with van der Waals surface area (Å²) < 4.78 is 0. The summed E-state index contributed by atoms with van der Waals surface area (Å²) in [5.74, 6) is 3.80. The lowest BCUT2D eigenvalue weighted by Crippen LogP contribution is -2.27. The zero-order chi connectivity index (χ0) is 57.4. The van der Waals surface area contributed by atoms with Gasteiger partial charge in [-0.15, -0.1) is 0 Å². The Morgan fingerprint density at radius 3 is 0.884 bits per heavy atom. The molecule has 2 unspecified atom stereocenters. The molecule has 2 aromatic heterocycles. The molecule has 2 atom stereocenters. The first-order valence-electron chi connectivity index (χ1n) is 29.8. The van der Waals surface area contributed by atoms with Crippen molar-refractivity contribution in [2.24, 2.45) is 0 Å². The van der Waals surface area contributed by atoms with Crippen molar-refractivity contribution in [3.05, 3.63) is 310 Å². The van der Waals surface area contributed by atoms with Crippen molar-refractivity contribution in [2.75, 3.05) is 0 Å². The van der Waals surface area contributed by atoms with E-state index in [-0.39, 0.29) is 22.7 Å². The van der Waals surface area contributed by atoms with Crippen LogP contribution in [-0.2, 0) is 10.8 Å². The molecule has 0 saturated heterocycles. The van der Waals surface area contributed by atoms with E-state index in [0.29, 0.717) is 34.9 Å². The van der Waals surface area contributed by atoms with Crippen molar-refractivity contribution in [1.29, 1.82) is 0 Å². The minimum absolute atomic E-state index is 0.00404. The van der Waals surface area contributed by atoms with E-state index in [1.165, 1.54) is 89.0 Å². The molecular weight excluding hydrogens is 1040 g/mol. The molecule has 5 aliphatic carbocycles. The molecule has 6 heteroatoms. The molecule has 11 aromatic carbocycles. The molecule has 0 saturated carbocycles. The fourth-order valence-corrected chi connectivity index (χ4v) is 14.6. The van der Waals surface area contributed by atoms with Gasteiger partial charge in [0.1, 0.15) is 0 Å². The summed E-state index contributed by atoms with van der Waals surface area (Å²) in [4.78, 5) is 31.3. The van der Waals surface area contributed by atoms with Crippen LogP contribution in [0.25, 0.3) is 113 Å². The van der Waals surface area contributed by atoms with Gasteiger partial charge >= 0.3 is 0 Å². The third kappa shape index (κ3) is 7.79. The molecule has 0 spiro atoms. The average molecular weight is 1100 g/mol. The van der Waals surface area contributed by atoms with Gasteiger partial charge in [0.2, 0.25) is 0 Å². The highest BCUT2D eigenvalue weighted by atomic mass is 15.0. The van der Waals surface area contributed by atoms with Crippen LogP contribution in [0.15, 0.2) is 255 Å². The van der Waals surface area contributed by atoms with Gasteiger partial charge in [0.15, 0.2) is 34.9 Å². The summed E-state index contributed by atoms with van der Waals surface area (Å²) >= 11 is 0. The first kappa shape index (κ1) is 50.0. The predicted octanol–water partition coefficient (Wildman–Crippen LogP) is 19.0. The maximum absolute atomic E-state index is 5.29. The molecule has 86 heavy (non-hydrogen) atoms. The number of aromatic nitrogens is 6. The summed E-state index contributed by atoms with van der Waals surface area (Å²) in [6.45, 7) is 9.30. The molecule has 0 radical (unpaired) electrons. The highest BCUT2D eigenvalue weighted by Crippen LogP contribution is 2.57. The Balaban J connectivity index is 0.719. The van der Waals surface area contributed by atoms with Crippen LogP contribution in [0.3, 0.4) is 0 Å². The van der Waals surface area contributed by atoms with E-state index < -0.39 is 0 Å². The van der Waals surface area contributed by atoms with Crippen molar-refractivity contribution in [3.8, 4) is 113 Å². The minimum atomic E-state index is -0.0394. The third-order valence-corrected chi connectivity index (χ3v) is 19.0. The highest BCUT2D eigenvalue weighted by Gasteiger charge is 2.42. The molecule has 0 aliphatic heterocycles. The molecule has 5 aliphatic rings. The van der Waals surface area contributed by atoms with Gasteiger partial charge in [-0.25, -0.2) is 29.9 Å². The molecular formula is C80H56N6. The zero-order valence-corrected chi connectivity index (χ0v) is 48.1. The normalized spacial score (nSPS) is 15.6. The Hall–Kier alpha value is -10.6. The van der Waals surface area contributed by atoms with Crippen molar-refractivity contribution in [1.82, 2.24) is 29.9 Å². The van der Waals surface area contributed by atoms with E-state index in [9.17, 15) is 0 Å². The first-order valence-corrected chi connectivity index (χ1v) is 29.8. The number of rotatable bonds is 8. The Morgan fingerprint density at radius 2 is 0.488 bits per heavy atom. The van der Waals surface area contributed by atoms with Crippen LogP contribution in [0.5, 0.6) is 0 Å². The summed E-state index contributed by atoms with van der Waals surface area (Å²) in [5, 5.41) is 0. The van der Waals surface area contributed by atoms with Crippen LogP contribution in [0, 0.1) is 0 Å². The molecule has 0 fully saturated rings. The molecule has 406 valence electrons. The van der Waals surface area contributed by atoms with Crippen LogP contribution in [0.4, 0.5) is 0 Å². The fraction of sp³-hybridized carbons (Fsp3) is 0.100. The van der Waals surface area contributed by atoms with E-state index in [0.717, 1.165) is 44.5 Å². The van der Waals surface area contributed by atoms with Crippen molar-refractivity contribution >= 4 is 0 Å². The first-order chi connectivity index (χ1) is 42.1. The maximum Gasteiger partial charge on any atom is 0.164 e. The monoisotopic (exact) mass is 1100 g/mol. The lowest BCUT2D eigenvalue weighted by atomic mass is 9.61. The van der Waals surface area contributed by atoms with Gasteiger partial charge in [-0.2, -0.15) is 0 Å². The fourth-order valence-electron chi connectivity index (χ4n) is 14.6. The van der Waals surface area contributed by atoms with Crippen molar-refractivity contribution in [2.45, 2.75) is 50.4 Å². The van der Waals surface area contributed by atoms with E-state index in [1.54, 1.807) is 0 Å². The molecule has 18 rings (SSSR count). The summed E-state index contributed by atoms with van der Waals surface area (Å²) in [7, 11) is 0. The van der Waals surface area contributed by atoms with Gasteiger partial charge < -0.3 is 0 Å². The van der Waals surface area contributed by atoms with Gasteiger partial charge in [-0.05, 0) is 124 Å². The van der Waals surface area contributed by atoms with Crippen LogP contribution in [0.1, 0.15) is 95.2 Å². The Labute approximate surface area is 500 Å². The van der Waals surface area contributed by atoms with E-state index in [1.807, 2.05) is 36.4 Å². The molecule has 13 aromatic rings. The molecule has 2 bridgehead atoms. The topological polar surface area (TPSA) is 77.3 Å². The van der Waals surface area contributed by atoms with Gasteiger partial charge in [-0.3, -0.25) is 0 Å². The molecule has 0 N–H and O–H groups in total. The van der Waals surface area contributed by atoms with Gasteiger partial charge in [0, 0.05) is 56.0 Å². The van der Waals surface area contributed by atoms with Crippen molar-refractivity contribution in [3.63, 3.8) is 0 Å². The number of nitrogens with zero attached hydrogens (tertiary/aromatic N) is 6. The largest absolute Gasteiger partial charge is 0.208 e. The van der Waals surface area contributed by atoms with Crippen LogP contribution < -0.4 is 0 Å². The SMILES string of the molecule is CC1(C)c2ccccc2-c2cc(-c3ccc(-c4nc(-c5ccccc5)nc(-c5ccc6c(c5)C5c7ccccc7C6c6cc(-c7nc(-c8ccccc8)nc(-c8ccc(-c9ccc%10c(c9)-c9ccccc9C%10(C)C)cc8)n7)ccc65)n4)cc3)ccc21. The van der Waals surface area contributed by atoms with Crippen LogP contribution in [-0.4, -0.2) is 29.9 Å². The predicted molar refractivity (Wildman–Crippen MR) is 347 cm³/mol. The molecule has 6 nitrogen and oxygen atoms in total. The summed E-state index contributed by atoms with van der Waals surface area (Å²) in [6, 6.07) is 92.0. The number of hydrogen-bond acceptors (Lipinski definition) is 6. The average Bonchev–Trinajstić information content (AvgIpc) is 1.05. The number of fused-ring (bicyclic) bond motifs is 6. The van der Waals surface area contributed by atoms with E-state index >= 15 is 0 Å². The minimum Gasteiger partial charge on any atom is -0.208 e. The quantitative estimate of drug-likeness (QED) is 0.151. The summed E-state index contributed by atoms with van der Waals surface area (Å²) in [5.41, 5.74) is 28.7. The van der Waals surface area contributed by atoms with E-state index in [4.69, 9.17) is 29.9 Å². The molecule has 0 amide bonds. The second-order valence-corrected chi connectivity index (χ2v) is 24.5. The van der Waals surface area contributed by atoms with Crippen LogP contribution in [0.2, 0.25) is 0 Å². The lowest BCUT2D eigenvalue weighted by Gasteiger charge is -2.42. The second kappa shape index (κ2) is 19.0. The third-order valence-electron chi connectivity index (χ3n) is 19.0. The van der Waals surface area contributed by atoms with Crippen molar-refractivity contribution < 1.29 is 0 Å². The number of benzene rings is 11. The lowest BCUT2D eigenvalue weighted by molar-refractivity contribution is 0.660.